The second-order valence-electron chi connectivity index (χ2n) is 13.4. The summed E-state index contributed by atoms with van der Waals surface area (Å²) in [6, 6.07) is 8.20. The molecule has 244 valence electrons. The third-order valence-corrected chi connectivity index (χ3v) is 11.9. The Morgan fingerprint density at radius 2 is 1.91 bits per heavy atom. The molecule has 0 bridgehead atoms. The number of fused-ring (bicyclic) bond motifs is 3. The molecular formula is C35H39N7O4S. The summed E-state index contributed by atoms with van der Waals surface area (Å²) in [6.45, 7) is 7.39. The number of anilines is 1. The average Bonchev–Trinajstić information content (AvgIpc) is 3.85. The second-order valence-corrected chi connectivity index (χ2v) is 15.4. The number of pyridine rings is 3. The molecule has 8 rings (SSSR count). The summed E-state index contributed by atoms with van der Waals surface area (Å²) in [5.41, 5.74) is 6.91. The summed E-state index contributed by atoms with van der Waals surface area (Å²) in [5.74, 6) is 1.05. The quantitative estimate of drug-likeness (QED) is 0.208. The van der Waals surface area contributed by atoms with Crippen LogP contribution in [0.4, 0.5) is 5.69 Å². The molecule has 5 aromatic rings. The van der Waals surface area contributed by atoms with E-state index in [2.05, 4.69) is 40.4 Å². The van der Waals surface area contributed by atoms with Gasteiger partial charge in [-0.1, -0.05) is 19.9 Å². The van der Waals surface area contributed by atoms with Crippen molar-refractivity contribution in [1.82, 2.24) is 29.5 Å². The van der Waals surface area contributed by atoms with E-state index in [9.17, 15) is 8.42 Å². The van der Waals surface area contributed by atoms with Crippen LogP contribution >= 0.6 is 0 Å². The molecule has 47 heavy (non-hydrogen) atoms. The van der Waals surface area contributed by atoms with E-state index in [1.54, 1.807) is 6.92 Å². The maximum absolute atomic E-state index is 14.1. The van der Waals surface area contributed by atoms with Gasteiger partial charge in [0, 0.05) is 55.9 Å². The predicted octanol–water partition coefficient (Wildman–Crippen LogP) is 6.14. The molecule has 1 N–H and O–H groups in total. The van der Waals surface area contributed by atoms with Crippen LogP contribution in [-0.2, 0) is 27.4 Å². The normalized spacial score (nSPS) is 20.6. The minimum atomic E-state index is -3.69. The molecule has 2 atom stereocenters. The van der Waals surface area contributed by atoms with E-state index < -0.39 is 9.84 Å². The van der Waals surface area contributed by atoms with Crippen molar-refractivity contribution < 1.29 is 17.6 Å². The van der Waals surface area contributed by atoms with Gasteiger partial charge in [0.05, 0.1) is 45.0 Å². The Balaban J connectivity index is 1.31. The van der Waals surface area contributed by atoms with Gasteiger partial charge in [-0.2, -0.15) is 0 Å². The number of nitrogens with zero attached hydrogens (tertiary/aromatic N) is 6. The van der Waals surface area contributed by atoms with Crippen LogP contribution in [0.15, 0.2) is 52.2 Å². The van der Waals surface area contributed by atoms with Crippen molar-refractivity contribution in [3.05, 3.63) is 71.4 Å². The SMILES string of the molecule is Cc1nnc(-c2c(CCC3CCOCC3)nc3c(c2-c2cn4cccc(N[C@H]5CCc6ncccc65)c4n2)S(=O)(=O)CC3C(C)C)o1. The van der Waals surface area contributed by atoms with Crippen molar-refractivity contribution in [2.24, 2.45) is 11.8 Å². The van der Waals surface area contributed by atoms with Gasteiger partial charge in [0.15, 0.2) is 15.5 Å². The minimum absolute atomic E-state index is 0.0149. The zero-order chi connectivity index (χ0) is 32.3. The molecule has 1 unspecified atom stereocenters. The van der Waals surface area contributed by atoms with Crippen LogP contribution in [0.1, 0.15) is 80.0 Å². The zero-order valence-electron chi connectivity index (χ0n) is 26.9. The van der Waals surface area contributed by atoms with E-state index in [1.165, 1.54) is 5.56 Å². The third-order valence-electron chi connectivity index (χ3n) is 10.0. The van der Waals surface area contributed by atoms with Gasteiger partial charge in [0.2, 0.25) is 11.8 Å². The number of aryl methyl sites for hydroxylation is 3. The number of sulfone groups is 1. The lowest BCUT2D eigenvalue weighted by Gasteiger charge is -2.23. The first-order chi connectivity index (χ1) is 22.8. The van der Waals surface area contributed by atoms with E-state index in [4.69, 9.17) is 19.1 Å². The molecular weight excluding hydrogens is 614 g/mol. The van der Waals surface area contributed by atoms with Crippen LogP contribution in [0.5, 0.6) is 0 Å². The lowest BCUT2D eigenvalue weighted by Crippen LogP contribution is -2.17. The van der Waals surface area contributed by atoms with Crippen molar-refractivity contribution in [1.29, 1.82) is 0 Å². The molecule has 3 aliphatic rings. The number of ether oxygens (including phenoxy) is 1. The molecule has 1 fully saturated rings. The first-order valence-electron chi connectivity index (χ1n) is 16.6. The van der Waals surface area contributed by atoms with Crippen LogP contribution in [0.25, 0.3) is 28.4 Å². The summed E-state index contributed by atoms with van der Waals surface area (Å²) in [6.07, 6.45) is 11.1. The fourth-order valence-electron chi connectivity index (χ4n) is 7.54. The van der Waals surface area contributed by atoms with Gasteiger partial charge in [-0.15, -0.1) is 10.2 Å². The number of nitrogens with one attached hydrogen (secondary N) is 1. The lowest BCUT2D eigenvalue weighted by atomic mass is 9.89. The van der Waals surface area contributed by atoms with Gasteiger partial charge in [-0.25, -0.2) is 13.4 Å². The van der Waals surface area contributed by atoms with Crippen molar-refractivity contribution in [3.63, 3.8) is 0 Å². The largest absolute Gasteiger partial charge is 0.421 e. The molecule has 5 aromatic heterocycles. The Morgan fingerprint density at radius 3 is 2.70 bits per heavy atom. The van der Waals surface area contributed by atoms with E-state index in [-0.39, 0.29) is 34.4 Å². The molecule has 0 spiro atoms. The molecule has 1 aliphatic carbocycles. The number of hydrogen-bond donors (Lipinski definition) is 1. The summed E-state index contributed by atoms with van der Waals surface area (Å²) in [7, 11) is -3.69. The highest BCUT2D eigenvalue weighted by molar-refractivity contribution is 7.92. The highest BCUT2D eigenvalue weighted by Crippen LogP contribution is 2.48. The highest BCUT2D eigenvalue weighted by atomic mass is 32.2. The average molecular weight is 654 g/mol. The van der Waals surface area contributed by atoms with Crippen molar-refractivity contribution in [2.75, 3.05) is 24.3 Å². The molecule has 12 heteroatoms. The van der Waals surface area contributed by atoms with Crippen molar-refractivity contribution in [3.8, 4) is 22.7 Å². The van der Waals surface area contributed by atoms with Gasteiger partial charge in [-0.05, 0) is 74.1 Å². The van der Waals surface area contributed by atoms with Crippen LogP contribution in [-0.4, -0.2) is 56.9 Å². The maximum atomic E-state index is 14.1. The third kappa shape index (κ3) is 5.41. The molecule has 2 aliphatic heterocycles. The molecule has 0 amide bonds. The van der Waals surface area contributed by atoms with E-state index >= 15 is 0 Å². The summed E-state index contributed by atoms with van der Waals surface area (Å²) in [5, 5.41) is 12.3. The molecule has 0 aromatic carbocycles. The molecule has 1 saturated heterocycles. The molecule has 0 saturated carbocycles. The van der Waals surface area contributed by atoms with E-state index in [0.29, 0.717) is 46.4 Å². The summed E-state index contributed by atoms with van der Waals surface area (Å²) < 4.78 is 41.9. The van der Waals surface area contributed by atoms with Crippen molar-refractivity contribution in [2.45, 2.75) is 76.2 Å². The maximum Gasteiger partial charge on any atom is 0.250 e. The molecule has 0 radical (unpaired) electrons. The Morgan fingerprint density at radius 1 is 1.06 bits per heavy atom. The summed E-state index contributed by atoms with van der Waals surface area (Å²) >= 11 is 0. The Bertz CT molecular complexity index is 2080. The number of imidazole rings is 1. The summed E-state index contributed by atoms with van der Waals surface area (Å²) in [4.78, 5) is 15.1. The second kappa shape index (κ2) is 11.8. The van der Waals surface area contributed by atoms with Crippen LogP contribution in [0.2, 0.25) is 0 Å². The number of hydrogen-bond acceptors (Lipinski definition) is 10. The fraction of sp³-hybridized carbons (Fsp3) is 0.457. The highest BCUT2D eigenvalue weighted by Gasteiger charge is 2.43. The van der Waals surface area contributed by atoms with E-state index in [0.717, 1.165) is 62.4 Å². The Kier molecular flexibility index (Phi) is 7.59. The lowest BCUT2D eigenvalue weighted by molar-refractivity contribution is 0.0639. The fourth-order valence-corrected chi connectivity index (χ4v) is 9.75. The Hall–Kier alpha value is -4.16. The number of aromatic nitrogens is 6. The van der Waals surface area contributed by atoms with Crippen LogP contribution in [0, 0.1) is 18.8 Å². The van der Waals surface area contributed by atoms with Gasteiger partial charge >= 0.3 is 0 Å². The topological polar surface area (TPSA) is 137 Å². The molecule has 7 heterocycles. The monoisotopic (exact) mass is 653 g/mol. The van der Waals surface area contributed by atoms with E-state index in [1.807, 2.05) is 41.2 Å². The minimum Gasteiger partial charge on any atom is -0.421 e. The van der Waals surface area contributed by atoms with Gasteiger partial charge in [0.25, 0.3) is 0 Å². The molecule has 11 nitrogen and oxygen atoms in total. The zero-order valence-corrected chi connectivity index (χ0v) is 27.8. The first-order valence-corrected chi connectivity index (χ1v) is 18.3. The first kappa shape index (κ1) is 30.2. The van der Waals surface area contributed by atoms with Crippen molar-refractivity contribution >= 4 is 21.2 Å². The van der Waals surface area contributed by atoms with Crippen LogP contribution < -0.4 is 5.32 Å². The standard InChI is InChI=1S/C35H39N7O4S/c1-20(2)24-19-47(43,44)33-30(31(35-41-40-21(3)46-35)27(38-32(24)33)9-8-22-12-16-45-17-13-22)29-18-42-15-5-7-28(34(42)39-29)37-26-11-10-25-23(26)6-4-14-36-25/h4-7,14-15,18,20,22,24,26,37H,8-13,16-17,19H2,1-3H3/t24?,26-/m0/s1. The smallest absolute Gasteiger partial charge is 0.250 e. The number of rotatable bonds is 8. The van der Waals surface area contributed by atoms with Gasteiger partial charge < -0.3 is 18.9 Å². The van der Waals surface area contributed by atoms with Gasteiger partial charge in [-0.3, -0.25) is 9.97 Å². The predicted molar refractivity (Wildman–Crippen MR) is 177 cm³/mol. The van der Waals surface area contributed by atoms with Gasteiger partial charge in [0.1, 0.15) is 0 Å². The Labute approximate surface area is 274 Å². The van der Waals surface area contributed by atoms with Crippen LogP contribution in [0.3, 0.4) is 0 Å².